The number of allylic oxidation sites excluding steroid dienone is 2. The number of rotatable bonds is 3. The molecule has 0 heterocycles. The van der Waals surface area contributed by atoms with Crippen LogP contribution in [-0.2, 0) is 0 Å². The fourth-order valence-corrected chi connectivity index (χ4v) is 0.271. The van der Waals surface area contributed by atoms with Gasteiger partial charge in [-0.15, -0.1) is 0 Å². The Bertz CT molecular complexity index is 91.1. The van der Waals surface area contributed by atoms with Gasteiger partial charge in [-0.25, -0.2) is 8.78 Å². The molecule has 0 spiro atoms. The van der Waals surface area contributed by atoms with Crippen LogP contribution in [0.3, 0.4) is 0 Å². The molecule has 0 saturated carbocycles. The molecule has 0 aliphatic rings. The molecule has 0 aromatic carbocycles. The van der Waals surface area contributed by atoms with Gasteiger partial charge in [0.15, 0.2) is 0 Å². The third-order valence-corrected chi connectivity index (χ3v) is 0.668. The highest BCUT2D eigenvalue weighted by atomic mass is 19.1. The van der Waals surface area contributed by atoms with Crippen molar-refractivity contribution in [3.63, 3.8) is 0 Å². The molecule has 0 aromatic rings. The van der Waals surface area contributed by atoms with Gasteiger partial charge in [-0.1, -0.05) is 13.2 Å². The van der Waals surface area contributed by atoms with Crippen LogP contribution in [0.25, 0.3) is 0 Å². The predicted molar refractivity (Wildman–Crippen MR) is 29.7 cm³/mol. The summed E-state index contributed by atoms with van der Waals surface area (Å²) in [4.78, 5) is 0. The van der Waals surface area contributed by atoms with Gasteiger partial charge in [0.25, 0.3) is 0 Å². The lowest BCUT2D eigenvalue weighted by molar-refractivity contribution is 0.541. The van der Waals surface area contributed by atoms with Crippen molar-refractivity contribution in [2.75, 3.05) is 0 Å². The number of halogens is 2. The Kier molecular flexibility index (Phi) is 3.08. The highest BCUT2D eigenvalue weighted by Crippen LogP contribution is 2.09. The van der Waals surface area contributed by atoms with Gasteiger partial charge >= 0.3 is 0 Å². The van der Waals surface area contributed by atoms with Gasteiger partial charge in [0, 0.05) is 12.8 Å². The molecule has 0 unspecified atom stereocenters. The van der Waals surface area contributed by atoms with Crippen molar-refractivity contribution in [3.8, 4) is 0 Å². The van der Waals surface area contributed by atoms with E-state index in [0.717, 1.165) is 0 Å². The first-order valence-electron chi connectivity index (χ1n) is 2.29. The monoisotopic (exact) mass is 118 g/mol. The van der Waals surface area contributed by atoms with E-state index in [-0.39, 0.29) is 12.8 Å². The van der Waals surface area contributed by atoms with Crippen LogP contribution in [-0.4, -0.2) is 0 Å². The molecule has 46 valence electrons. The molecular formula is C6H8F2. The average molecular weight is 118 g/mol. The fourth-order valence-electron chi connectivity index (χ4n) is 0.271. The summed E-state index contributed by atoms with van der Waals surface area (Å²) < 4.78 is 23.3. The van der Waals surface area contributed by atoms with Crippen LogP contribution >= 0.6 is 0 Å². The van der Waals surface area contributed by atoms with E-state index in [1.165, 1.54) is 0 Å². The minimum Gasteiger partial charge on any atom is -0.212 e. The van der Waals surface area contributed by atoms with Crippen LogP contribution in [0.4, 0.5) is 8.78 Å². The van der Waals surface area contributed by atoms with Gasteiger partial charge in [0.1, 0.15) is 0 Å². The van der Waals surface area contributed by atoms with E-state index in [9.17, 15) is 8.78 Å². The lowest BCUT2D eigenvalue weighted by Gasteiger charge is -1.89. The zero-order chi connectivity index (χ0) is 6.57. The van der Waals surface area contributed by atoms with E-state index < -0.39 is 11.7 Å². The lowest BCUT2D eigenvalue weighted by Crippen LogP contribution is -1.72. The molecule has 0 radical (unpaired) electrons. The molecule has 0 aromatic heterocycles. The van der Waals surface area contributed by atoms with Crippen LogP contribution in [0.5, 0.6) is 0 Å². The maximum atomic E-state index is 11.7. The van der Waals surface area contributed by atoms with Crippen molar-refractivity contribution in [1.82, 2.24) is 0 Å². The second-order valence-electron chi connectivity index (χ2n) is 1.53. The molecular weight excluding hydrogens is 110 g/mol. The molecule has 0 aliphatic heterocycles. The number of hydrogen-bond donors (Lipinski definition) is 0. The minimum atomic E-state index is -0.496. The highest BCUT2D eigenvalue weighted by molar-refractivity contribution is 4.88. The Labute approximate surface area is 47.5 Å². The summed E-state index contributed by atoms with van der Waals surface area (Å²) in [5.74, 6) is -0.993. The maximum absolute atomic E-state index is 11.7. The van der Waals surface area contributed by atoms with Crippen molar-refractivity contribution < 1.29 is 8.78 Å². The van der Waals surface area contributed by atoms with Gasteiger partial charge in [-0.05, 0) is 0 Å². The van der Waals surface area contributed by atoms with E-state index >= 15 is 0 Å². The summed E-state index contributed by atoms with van der Waals surface area (Å²) in [7, 11) is 0. The summed E-state index contributed by atoms with van der Waals surface area (Å²) in [6.45, 7) is 5.91. The van der Waals surface area contributed by atoms with Crippen LogP contribution in [0.1, 0.15) is 12.8 Å². The fraction of sp³-hybridized carbons (Fsp3) is 0.333. The van der Waals surface area contributed by atoms with Crippen molar-refractivity contribution in [2.45, 2.75) is 12.8 Å². The van der Waals surface area contributed by atoms with E-state index in [1.807, 2.05) is 0 Å². The minimum absolute atomic E-state index is 0.0509. The maximum Gasteiger partial charge on any atom is 0.0932 e. The van der Waals surface area contributed by atoms with Gasteiger partial charge < -0.3 is 0 Å². The third-order valence-electron chi connectivity index (χ3n) is 0.668. The Morgan fingerprint density at radius 1 is 1.00 bits per heavy atom. The molecule has 2 heteroatoms. The summed E-state index contributed by atoms with van der Waals surface area (Å²) in [6, 6.07) is 0. The van der Waals surface area contributed by atoms with E-state index in [1.54, 1.807) is 0 Å². The first kappa shape index (κ1) is 7.34. The van der Waals surface area contributed by atoms with Crippen LogP contribution in [0.15, 0.2) is 24.8 Å². The Morgan fingerprint density at radius 2 is 1.25 bits per heavy atom. The van der Waals surface area contributed by atoms with E-state index in [2.05, 4.69) is 13.2 Å². The van der Waals surface area contributed by atoms with Crippen molar-refractivity contribution >= 4 is 0 Å². The van der Waals surface area contributed by atoms with Gasteiger partial charge in [0.05, 0.1) is 11.7 Å². The smallest absolute Gasteiger partial charge is 0.0932 e. The Hall–Kier alpha value is -0.660. The zero-order valence-electron chi connectivity index (χ0n) is 4.58. The van der Waals surface area contributed by atoms with Crippen molar-refractivity contribution in [3.05, 3.63) is 24.8 Å². The molecule has 0 N–H and O–H groups in total. The SMILES string of the molecule is C=C(F)CCC(=C)F. The van der Waals surface area contributed by atoms with Gasteiger partial charge in [-0.3, -0.25) is 0 Å². The van der Waals surface area contributed by atoms with Crippen molar-refractivity contribution in [2.24, 2.45) is 0 Å². The quantitative estimate of drug-likeness (QED) is 0.534. The first-order valence-corrected chi connectivity index (χ1v) is 2.29. The topological polar surface area (TPSA) is 0 Å². The van der Waals surface area contributed by atoms with E-state index in [0.29, 0.717) is 0 Å². The molecule has 0 saturated heterocycles. The normalized spacial score (nSPS) is 8.75. The highest BCUT2D eigenvalue weighted by Gasteiger charge is 1.92. The largest absolute Gasteiger partial charge is 0.212 e. The molecule has 0 aliphatic carbocycles. The zero-order valence-corrected chi connectivity index (χ0v) is 4.58. The third kappa shape index (κ3) is 5.34. The molecule has 0 nitrogen and oxygen atoms in total. The van der Waals surface area contributed by atoms with Crippen molar-refractivity contribution in [1.29, 1.82) is 0 Å². The summed E-state index contributed by atoms with van der Waals surface area (Å²) >= 11 is 0. The second kappa shape index (κ2) is 3.36. The molecule has 0 amide bonds. The Balaban J connectivity index is 3.18. The molecule has 0 atom stereocenters. The lowest BCUT2D eigenvalue weighted by atomic mass is 10.3. The standard InChI is InChI=1S/C6H8F2/c1-5(7)3-4-6(2)8/h1-4H2. The molecule has 0 rings (SSSR count). The number of hydrogen-bond acceptors (Lipinski definition) is 0. The summed E-state index contributed by atoms with van der Waals surface area (Å²) in [5, 5.41) is 0. The average Bonchev–Trinajstić information content (AvgIpc) is 1.61. The molecule has 0 bridgehead atoms. The van der Waals surface area contributed by atoms with Crippen LogP contribution in [0, 0.1) is 0 Å². The molecule has 8 heavy (non-hydrogen) atoms. The van der Waals surface area contributed by atoms with Gasteiger partial charge in [-0.2, -0.15) is 0 Å². The summed E-state index contributed by atoms with van der Waals surface area (Å²) in [5.41, 5.74) is 0. The van der Waals surface area contributed by atoms with Gasteiger partial charge in [0.2, 0.25) is 0 Å². The second-order valence-corrected chi connectivity index (χ2v) is 1.53. The van der Waals surface area contributed by atoms with Crippen LogP contribution < -0.4 is 0 Å². The molecule has 0 fully saturated rings. The Morgan fingerprint density at radius 3 is 1.38 bits per heavy atom. The van der Waals surface area contributed by atoms with Crippen LogP contribution in [0.2, 0.25) is 0 Å². The first-order chi connectivity index (χ1) is 3.63. The summed E-state index contributed by atoms with van der Waals surface area (Å²) in [6.07, 6.45) is 0.102. The van der Waals surface area contributed by atoms with E-state index in [4.69, 9.17) is 0 Å². The predicted octanol–water partition coefficient (Wildman–Crippen LogP) is 2.73.